The molecule has 25 heavy (non-hydrogen) atoms. The molecule has 0 atom stereocenters. The number of rotatable bonds is 5. The first-order chi connectivity index (χ1) is 11.9. The van der Waals surface area contributed by atoms with Gasteiger partial charge in [0.15, 0.2) is 0 Å². The highest BCUT2D eigenvalue weighted by atomic mass is 32.2. The van der Waals surface area contributed by atoms with Gasteiger partial charge in [-0.3, -0.25) is 9.40 Å². The lowest BCUT2D eigenvalue weighted by atomic mass is 10.0. The number of hydrogen-bond acceptors (Lipinski definition) is 3. The molecule has 1 heterocycles. The van der Waals surface area contributed by atoms with E-state index in [1.54, 1.807) is 19.2 Å². The van der Waals surface area contributed by atoms with Crippen LogP contribution in [0.1, 0.15) is 25.3 Å². The van der Waals surface area contributed by atoms with Gasteiger partial charge in [0.2, 0.25) is 0 Å². The zero-order chi connectivity index (χ0) is 18.0. The fourth-order valence-corrected chi connectivity index (χ4v) is 3.87. The van der Waals surface area contributed by atoms with Crippen LogP contribution >= 0.6 is 0 Å². The summed E-state index contributed by atoms with van der Waals surface area (Å²) in [7, 11) is -2.03. The van der Waals surface area contributed by atoms with E-state index in [-0.39, 0.29) is 4.90 Å². The van der Waals surface area contributed by atoms with E-state index in [2.05, 4.69) is 23.7 Å². The molecule has 1 aromatic heterocycles. The topological polar surface area (TPSA) is 64.0 Å². The van der Waals surface area contributed by atoms with Crippen molar-refractivity contribution in [3.05, 3.63) is 66.4 Å². The molecule has 3 rings (SSSR count). The number of anilines is 1. The summed E-state index contributed by atoms with van der Waals surface area (Å²) in [6.45, 7) is 4.20. The van der Waals surface area contributed by atoms with Gasteiger partial charge in [0, 0.05) is 24.5 Å². The molecular formula is C19H21N3O2S. The van der Waals surface area contributed by atoms with Crippen LogP contribution in [-0.4, -0.2) is 18.2 Å². The van der Waals surface area contributed by atoms with Crippen LogP contribution in [0.3, 0.4) is 0 Å². The Morgan fingerprint density at radius 3 is 2.24 bits per heavy atom. The Kier molecular flexibility index (Phi) is 4.63. The maximum absolute atomic E-state index is 12.9. The first-order valence-corrected chi connectivity index (χ1v) is 9.57. The summed E-state index contributed by atoms with van der Waals surface area (Å²) in [5.74, 6) is 0.397. The fourth-order valence-electron chi connectivity index (χ4n) is 2.61. The second-order valence-corrected chi connectivity index (χ2v) is 7.91. The average Bonchev–Trinajstić information content (AvgIpc) is 2.99. The summed E-state index contributed by atoms with van der Waals surface area (Å²) in [4.78, 5) is 0.161. The van der Waals surface area contributed by atoms with Crippen molar-refractivity contribution in [2.24, 2.45) is 7.05 Å². The van der Waals surface area contributed by atoms with E-state index in [0.717, 1.165) is 11.1 Å². The zero-order valence-corrected chi connectivity index (χ0v) is 15.3. The van der Waals surface area contributed by atoms with Gasteiger partial charge in [-0.25, -0.2) is 8.42 Å². The molecule has 6 heteroatoms. The number of nitrogens with one attached hydrogen (secondary N) is 1. The van der Waals surface area contributed by atoms with Crippen molar-refractivity contribution < 1.29 is 8.42 Å². The van der Waals surface area contributed by atoms with Gasteiger partial charge in [-0.1, -0.05) is 56.3 Å². The van der Waals surface area contributed by atoms with Crippen molar-refractivity contribution in [3.63, 3.8) is 0 Å². The summed E-state index contributed by atoms with van der Waals surface area (Å²) in [6.07, 6.45) is 1.52. The second-order valence-electron chi connectivity index (χ2n) is 6.26. The lowest BCUT2D eigenvalue weighted by Crippen LogP contribution is -2.13. The molecule has 0 aliphatic carbocycles. The predicted molar refractivity (Wildman–Crippen MR) is 100.0 cm³/mol. The predicted octanol–water partition coefficient (Wildman–Crippen LogP) is 4.01. The van der Waals surface area contributed by atoms with Crippen LogP contribution in [0, 0.1) is 0 Å². The number of hydrogen-bond donors (Lipinski definition) is 1. The van der Waals surface area contributed by atoms with Crippen molar-refractivity contribution in [2.75, 3.05) is 4.72 Å². The molecular weight excluding hydrogens is 334 g/mol. The van der Waals surface area contributed by atoms with Crippen molar-refractivity contribution in [1.29, 1.82) is 0 Å². The molecule has 0 aliphatic rings. The van der Waals surface area contributed by atoms with Crippen molar-refractivity contribution in [3.8, 4) is 11.3 Å². The minimum atomic E-state index is -3.74. The summed E-state index contributed by atoms with van der Waals surface area (Å²) in [6, 6.07) is 16.7. The fraction of sp³-hybridized carbons (Fsp3) is 0.211. The molecule has 0 aliphatic heterocycles. The third kappa shape index (κ3) is 3.74. The van der Waals surface area contributed by atoms with Crippen LogP contribution in [0.15, 0.2) is 65.7 Å². The minimum Gasteiger partial charge on any atom is -0.280 e. The molecule has 1 N–H and O–H groups in total. The Hall–Kier alpha value is -2.60. The van der Waals surface area contributed by atoms with E-state index in [1.165, 1.54) is 10.9 Å². The van der Waals surface area contributed by atoms with E-state index >= 15 is 0 Å². The highest BCUT2D eigenvalue weighted by molar-refractivity contribution is 7.92. The minimum absolute atomic E-state index is 0.161. The molecule has 2 aromatic carbocycles. The average molecular weight is 355 g/mol. The maximum Gasteiger partial charge on any atom is 0.265 e. The monoisotopic (exact) mass is 355 g/mol. The standard InChI is InChI=1S/C19H21N3O2S/c1-14(2)15-9-11-17(12-10-15)21-25(23,24)18-13-22(3)20-19(18)16-7-5-4-6-8-16/h4-14,21H,1-3H3. The maximum atomic E-state index is 12.9. The Morgan fingerprint density at radius 1 is 1.00 bits per heavy atom. The normalized spacial score (nSPS) is 11.7. The molecule has 0 bridgehead atoms. The van der Waals surface area contributed by atoms with Gasteiger partial charge < -0.3 is 0 Å². The molecule has 0 saturated carbocycles. The summed E-state index contributed by atoms with van der Waals surface area (Å²) in [5, 5.41) is 4.32. The van der Waals surface area contributed by atoms with Crippen LogP contribution in [0.25, 0.3) is 11.3 Å². The van der Waals surface area contributed by atoms with Crippen LogP contribution in [0.5, 0.6) is 0 Å². The molecule has 0 fully saturated rings. The Bertz CT molecular complexity index is 960. The molecule has 0 spiro atoms. The SMILES string of the molecule is CC(C)c1ccc(NS(=O)(=O)c2cn(C)nc2-c2ccccc2)cc1. The highest BCUT2D eigenvalue weighted by Gasteiger charge is 2.23. The van der Waals surface area contributed by atoms with Crippen LogP contribution < -0.4 is 4.72 Å². The van der Waals surface area contributed by atoms with E-state index in [0.29, 0.717) is 17.3 Å². The van der Waals surface area contributed by atoms with E-state index in [1.807, 2.05) is 42.5 Å². The Balaban J connectivity index is 1.95. The summed E-state index contributed by atoms with van der Waals surface area (Å²) >= 11 is 0. The summed E-state index contributed by atoms with van der Waals surface area (Å²) in [5.41, 5.74) is 2.90. The molecule has 0 saturated heterocycles. The first-order valence-electron chi connectivity index (χ1n) is 8.08. The van der Waals surface area contributed by atoms with Gasteiger partial charge in [-0.05, 0) is 23.6 Å². The van der Waals surface area contributed by atoms with E-state index in [4.69, 9.17) is 0 Å². The molecule has 0 unspecified atom stereocenters. The van der Waals surface area contributed by atoms with E-state index in [9.17, 15) is 8.42 Å². The lowest BCUT2D eigenvalue weighted by Gasteiger charge is -2.10. The number of aromatic nitrogens is 2. The summed E-state index contributed by atoms with van der Waals surface area (Å²) < 4.78 is 29.9. The molecule has 0 radical (unpaired) electrons. The Morgan fingerprint density at radius 2 is 1.64 bits per heavy atom. The largest absolute Gasteiger partial charge is 0.280 e. The number of aryl methyl sites for hydroxylation is 1. The van der Waals surface area contributed by atoms with Gasteiger partial charge >= 0.3 is 0 Å². The van der Waals surface area contributed by atoms with Crippen LogP contribution in [0.4, 0.5) is 5.69 Å². The second kappa shape index (κ2) is 6.72. The van der Waals surface area contributed by atoms with Crippen LogP contribution in [-0.2, 0) is 17.1 Å². The number of nitrogens with zero attached hydrogens (tertiary/aromatic N) is 2. The van der Waals surface area contributed by atoms with Crippen molar-refractivity contribution in [1.82, 2.24) is 9.78 Å². The van der Waals surface area contributed by atoms with E-state index < -0.39 is 10.0 Å². The van der Waals surface area contributed by atoms with Crippen molar-refractivity contribution in [2.45, 2.75) is 24.7 Å². The van der Waals surface area contributed by atoms with Gasteiger partial charge in [-0.2, -0.15) is 5.10 Å². The van der Waals surface area contributed by atoms with Gasteiger partial charge in [0.1, 0.15) is 10.6 Å². The Labute approximate surface area is 148 Å². The lowest BCUT2D eigenvalue weighted by molar-refractivity contribution is 0.601. The molecule has 5 nitrogen and oxygen atoms in total. The number of sulfonamides is 1. The quantitative estimate of drug-likeness (QED) is 0.752. The van der Waals surface area contributed by atoms with Gasteiger partial charge in [0.25, 0.3) is 10.0 Å². The molecule has 0 amide bonds. The molecule has 130 valence electrons. The van der Waals surface area contributed by atoms with Gasteiger partial charge in [-0.15, -0.1) is 0 Å². The zero-order valence-electron chi connectivity index (χ0n) is 14.5. The highest BCUT2D eigenvalue weighted by Crippen LogP contribution is 2.27. The third-order valence-electron chi connectivity index (χ3n) is 3.96. The smallest absolute Gasteiger partial charge is 0.265 e. The molecule has 3 aromatic rings. The van der Waals surface area contributed by atoms with Crippen LogP contribution in [0.2, 0.25) is 0 Å². The van der Waals surface area contributed by atoms with Gasteiger partial charge in [0.05, 0.1) is 0 Å². The number of benzene rings is 2. The van der Waals surface area contributed by atoms with Crippen molar-refractivity contribution >= 4 is 15.7 Å². The first kappa shape index (κ1) is 17.2. The third-order valence-corrected chi connectivity index (χ3v) is 5.34.